The maximum atomic E-state index is 6.00. The van der Waals surface area contributed by atoms with Gasteiger partial charge in [-0.15, -0.1) is 11.3 Å². The Labute approximate surface area is 116 Å². The van der Waals surface area contributed by atoms with E-state index in [0.29, 0.717) is 5.28 Å². The van der Waals surface area contributed by atoms with Crippen LogP contribution in [0.4, 0.5) is 5.82 Å². The van der Waals surface area contributed by atoms with Gasteiger partial charge in [0.25, 0.3) is 0 Å². The minimum atomic E-state index is 0.338. The van der Waals surface area contributed by atoms with E-state index in [1.807, 2.05) is 0 Å². The van der Waals surface area contributed by atoms with Gasteiger partial charge in [0.1, 0.15) is 10.6 Å². The molecule has 3 nitrogen and oxygen atoms in total. The number of hydrogen-bond acceptors (Lipinski definition) is 4. The zero-order valence-electron chi connectivity index (χ0n) is 10.6. The van der Waals surface area contributed by atoms with E-state index in [1.54, 1.807) is 11.3 Å². The summed E-state index contributed by atoms with van der Waals surface area (Å²) in [6, 6.07) is 0. The van der Waals surface area contributed by atoms with Crippen molar-refractivity contribution in [2.24, 2.45) is 5.92 Å². The Kier molecular flexibility index (Phi) is 3.16. The molecule has 5 heteroatoms. The van der Waals surface area contributed by atoms with Crippen molar-refractivity contribution in [1.29, 1.82) is 0 Å². The van der Waals surface area contributed by atoms with Crippen molar-refractivity contribution < 1.29 is 0 Å². The van der Waals surface area contributed by atoms with E-state index >= 15 is 0 Å². The van der Waals surface area contributed by atoms with E-state index in [2.05, 4.69) is 29.1 Å². The molecule has 2 heterocycles. The van der Waals surface area contributed by atoms with Crippen molar-refractivity contribution in [3.8, 4) is 0 Å². The maximum absolute atomic E-state index is 6.00. The minimum absolute atomic E-state index is 0.338. The Morgan fingerprint density at radius 2 is 2.28 bits per heavy atom. The fourth-order valence-electron chi connectivity index (χ4n) is 2.61. The summed E-state index contributed by atoms with van der Waals surface area (Å²) in [5, 5.41) is 4.85. The Balaban J connectivity index is 2.22. The predicted molar refractivity (Wildman–Crippen MR) is 77.8 cm³/mol. The quantitative estimate of drug-likeness (QED) is 0.849. The van der Waals surface area contributed by atoms with Crippen LogP contribution in [-0.2, 0) is 12.8 Å². The van der Waals surface area contributed by atoms with Gasteiger partial charge in [0.05, 0.1) is 5.39 Å². The molecule has 0 aliphatic heterocycles. The number of hydrogen-bond donors (Lipinski definition) is 1. The first-order valence-electron chi connectivity index (χ1n) is 6.40. The first-order chi connectivity index (χ1) is 8.69. The largest absolute Gasteiger partial charge is 0.370 e. The molecule has 1 aliphatic carbocycles. The molecular formula is C13H16ClN3S. The fourth-order valence-corrected chi connectivity index (χ4v) is 4.21. The lowest BCUT2D eigenvalue weighted by Gasteiger charge is -2.18. The smallest absolute Gasteiger partial charge is 0.225 e. The van der Waals surface area contributed by atoms with Gasteiger partial charge in [-0.3, -0.25) is 0 Å². The van der Waals surface area contributed by atoms with Crippen LogP contribution in [0.2, 0.25) is 5.28 Å². The van der Waals surface area contributed by atoms with Gasteiger partial charge >= 0.3 is 0 Å². The molecule has 0 saturated heterocycles. The lowest BCUT2D eigenvalue weighted by molar-refractivity contribution is 0.509. The molecule has 0 fully saturated rings. The number of aromatic nitrogens is 2. The van der Waals surface area contributed by atoms with Crippen LogP contribution in [0.5, 0.6) is 0 Å². The van der Waals surface area contributed by atoms with Gasteiger partial charge in [-0.25, -0.2) is 9.97 Å². The first kappa shape index (κ1) is 12.2. The van der Waals surface area contributed by atoms with Gasteiger partial charge in [0.2, 0.25) is 5.28 Å². The summed E-state index contributed by atoms with van der Waals surface area (Å²) < 4.78 is 0. The predicted octanol–water partition coefficient (Wildman–Crippen LogP) is 3.90. The van der Waals surface area contributed by atoms with Gasteiger partial charge in [-0.2, -0.15) is 0 Å². The number of nitrogens with one attached hydrogen (secondary N) is 1. The molecule has 0 saturated carbocycles. The van der Waals surface area contributed by atoms with Crippen LogP contribution in [0.15, 0.2) is 0 Å². The molecule has 1 N–H and O–H groups in total. The first-order valence-corrected chi connectivity index (χ1v) is 7.60. The van der Waals surface area contributed by atoms with Crippen LogP contribution in [0.1, 0.15) is 30.7 Å². The third kappa shape index (κ3) is 1.97. The van der Waals surface area contributed by atoms with Crippen LogP contribution < -0.4 is 5.32 Å². The highest BCUT2D eigenvalue weighted by atomic mass is 35.5. The third-order valence-corrected chi connectivity index (χ3v) is 4.79. The molecule has 2 aromatic heterocycles. The molecule has 1 unspecified atom stereocenters. The highest BCUT2D eigenvalue weighted by molar-refractivity contribution is 7.19. The molecule has 1 atom stereocenters. The van der Waals surface area contributed by atoms with Crippen LogP contribution in [-0.4, -0.2) is 16.5 Å². The van der Waals surface area contributed by atoms with Crippen molar-refractivity contribution >= 4 is 39.0 Å². The second-order valence-corrected chi connectivity index (χ2v) is 6.33. The zero-order valence-corrected chi connectivity index (χ0v) is 12.2. The van der Waals surface area contributed by atoms with Crippen molar-refractivity contribution in [3.05, 3.63) is 15.7 Å². The van der Waals surface area contributed by atoms with Crippen LogP contribution in [0.25, 0.3) is 10.2 Å². The number of fused-ring (bicyclic) bond motifs is 3. The summed E-state index contributed by atoms with van der Waals surface area (Å²) >= 11 is 7.78. The minimum Gasteiger partial charge on any atom is -0.370 e. The van der Waals surface area contributed by atoms with Crippen LogP contribution in [0.3, 0.4) is 0 Å². The second-order valence-electron chi connectivity index (χ2n) is 4.90. The van der Waals surface area contributed by atoms with Crippen molar-refractivity contribution in [1.82, 2.24) is 9.97 Å². The molecule has 0 amide bonds. The van der Waals surface area contributed by atoms with E-state index in [4.69, 9.17) is 11.6 Å². The fraction of sp³-hybridized carbons (Fsp3) is 0.538. The molecule has 3 rings (SSSR count). The molecular weight excluding hydrogens is 266 g/mol. The lowest BCUT2D eigenvalue weighted by Crippen LogP contribution is -2.09. The average molecular weight is 282 g/mol. The Morgan fingerprint density at radius 1 is 1.44 bits per heavy atom. The lowest BCUT2D eigenvalue weighted by atomic mass is 9.89. The number of anilines is 1. The Morgan fingerprint density at radius 3 is 3.06 bits per heavy atom. The van der Waals surface area contributed by atoms with E-state index in [1.165, 1.54) is 28.7 Å². The SMILES string of the molecule is CCNc1nc(Cl)nc2sc3c(c12)CCC(C)C3. The average Bonchev–Trinajstić information content (AvgIpc) is 2.65. The number of thiophene rings is 1. The summed E-state index contributed by atoms with van der Waals surface area (Å²) in [6.45, 7) is 5.24. The molecule has 0 aromatic carbocycles. The highest BCUT2D eigenvalue weighted by Gasteiger charge is 2.23. The van der Waals surface area contributed by atoms with Gasteiger partial charge in [0, 0.05) is 11.4 Å². The number of nitrogens with zero attached hydrogens (tertiary/aromatic N) is 2. The van der Waals surface area contributed by atoms with Gasteiger partial charge in [-0.1, -0.05) is 6.92 Å². The highest BCUT2D eigenvalue weighted by Crippen LogP contribution is 2.40. The topological polar surface area (TPSA) is 37.8 Å². The molecule has 0 bridgehead atoms. The van der Waals surface area contributed by atoms with E-state index < -0.39 is 0 Å². The zero-order chi connectivity index (χ0) is 12.7. The molecule has 1 aliphatic rings. The number of rotatable bonds is 2. The van der Waals surface area contributed by atoms with E-state index in [9.17, 15) is 0 Å². The molecule has 0 spiro atoms. The van der Waals surface area contributed by atoms with Crippen molar-refractivity contribution in [3.63, 3.8) is 0 Å². The molecule has 18 heavy (non-hydrogen) atoms. The summed E-state index contributed by atoms with van der Waals surface area (Å²) in [6.07, 6.45) is 3.56. The monoisotopic (exact) mass is 281 g/mol. The summed E-state index contributed by atoms with van der Waals surface area (Å²) in [7, 11) is 0. The van der Waals surface area contributed by atoms with Gasteiger partial charge < -0.3 is 5.32 Å². The van der Waals surface area contributed by atoms with Crippen LogP contribution >= 0.6 is 22.9 Å². The standard InChI is InChI=1S/C13H16ClN3S/c1-3-15-11-10-8-5-4-7(2)6-9(8)18-12(10)17-13(14)16-11/h7H,3-6H2,1-2H3,(H,15,16,17). The van der Waals surface area contributed by atoms with Gasteiger partial charge in [0.15, 0.2) is 0 Å². The van der Waals surface area contributed by atoms with E-state index in [-0.39, 0.29) is 0 Å². The Hall–Kier alpha value is -0.870. The Bertz CT molecular complexity index is 593. The number of halogens is 1. The van der Waals surface area contributed by atoms with Crippen molar-refractivity contribution in [2.75, 3.05) is 11.9 Å². The number of aryl methyl sites for hydroxylation is 1. The third-order valence-electron chi connectivity index (χ3n) is 3.47. The van der Waals surface area contributed by atoms with E-state index in [0.717, 1.165) is 29.5 Å². The van der Waals surface area contributed by atoms with Crippen molar-refractivity contribution in [2.45, 2.75) is 33.1 Å². The molecule has 2 aromatic rings. The normalized spacial score (nSPS) is 18.9. The summed E-state index contributed by atoms with van der Waals surface area (Å²) in [4.78, 5) is 11.2. The molecule has 96 valence electrons. The second kappa shape index (κ2) is 4.67. The summed E-state index contributed by atoms with van der Waals surface area (Å²) in [5.41, 5.74) is 1.45. The summed E-state index contributed by atoms with van der Waals surface area (Å²) in [5.74, 6) is 1.68. The maximum Gasteiger partial charge on any atom is 0.225 e. The van der Waals surface area contributed by atoms with Gasteiger partial charge in [-0.05, 0) is 49.3 Å². The van der Waals surface area contributed by atoms with Crippen LogP contribution in [0, 0.1) is 5.92 Å². The molecule has 0 radical (unpaired) electrons.